The van der Waals surface area contributed by atoms with E-state index in [0.29, 0.717) is 18.9 Å². The summed E-state index contributed by atoms with van der Waals surface area (Å²) in [5.74, 6) is 0.777. The molecule has 0 heterocycles. The maximum atomic E-state index is 11.1. The summed E-state index contributed by atoms with van der Waals surface area (Å²) in [5, 5.41) is 8.68. The number of hydrogen-bond acceptors (Lipinski definition) is 2. The van der Waals surface area contributed by atoms with E-state index in [2.05, 4.69) is 20.9 Å². The molecule has 6 heteroatoms. The van der Waals surface area contributed by atoms with E-state index in [-0.39, 0.29) is 29.9 Å². The van der Waals surface area contributed by atoms with Gasteiger partial charge in [0.15, 0.2) is 5.96 Å². The quantitative estimate of drug-likeness (QED) is 0.387. The standard InChI is InChI=1S/C9H20N4O.HI/c1-4-6-12-8(14)5-7-13-9(10-2)11-3;/h4-7H2,1-3H3,(H,12,14)(H2,10,11,13);1H. The first-order valence-electron chi connectivity index (χ1n) is 4.89. The third-order valence-corrected chi connectivity index (χ3v) is 1.68. The third-order valence-electron chi connectivity index (χ3n) is 1.68. The van der Waals surface area contributed by atoms with Gasteiger partial charge in [0, 0.05) is 33.6 Å². The Morgan fingerprint density at radius 3 is 2.40 bits per heavy atom. The summed E-state index contributed by atoms with van der Waals surface area (Å²) >= 11 is 0. The Bertz CT molecular complexity index is 197. The molecule has 90 valence electrons. The second-order valence-electron chi connectivity index (χ2n) is 2.85. The molecule has 1 amide bonds. The molecule has 0 saturated heterocycles. The van der Waals surface area contributed by atoms with E-state index >= 15 is 0 Å². The molecule has 0 aliphatic rings. The van der Waals surface area contributed by atoms with Gasteiger partial charge in [-0.05, 0) is 6.42 Å². The molecule has 0 saturated carbocycles. The Morgan fingerprint density at radius 2 is 1.93 bits per heavy atom. The largest absolute Gasteiger partial charge is 0.359 e. The first-order valence-corrected chi connectivity index (χ1v) is 4.89. The SMILES string of the molecule is CCCNC(=O)CCNC(=NC)NC.I. The highest BCUT2D eigenvalue weighted by Gasteiger charge is 1.99. The summed E-state index contributed by atoms with van der Waals surface area (Å²) in [6.07, 6.45) is 1.44. The van der Waals surface area contributed by atoms with Gasteiger partial charge in [0.2, 0.25) is 5.91 Å². The van der Waals surface area contributed by atoms with Gasteiger partial charge in [-0.2, -0.15) is 0 Å². The molecule has 0 unspecified atom stereocenters. The highest BCUT2D eigenvalue weighted by molar-refractivity contribution is 14.0. The van der Waals surface area contributed by atoms with Crippen LogP contribution in [0.2, 0.25) is 0 Å². The van der Waals surface area contributed by atoms with E-state index < -0.39 is 0 Å². The number of halogens is 1. The van der Waals surface area contributed by atoms with Crippen molar-refractivity contribution in [1.29, 1.82) is 0 Å². The predicted molar refractivity (Wildman–Crippen MR) is 73.8 cm³/mol. The smallest absolute Gasteiger partial charge is 0.221 e. The molecule has 0 aromatic rings. The molecule has 0 spiro atoms. The van der Waals surface area contributed by atoms with E-state index in [1.54, 1.807) is 14.1 Å². The summed E-state index contributed by atoms with van der Waals surface area (Å²) < 4.78 is 0. The monoisotopic (exact) mass is 328 g/mol. The van der Waals surface area contributed by atoms with Crippen molar-refractivity contribution in [2.75, 3.05) is 27.2 Å². The molecule has 0 bridgehead atoms. The number of guanidine groups is 1. The fraction of sp³-hybridized carbons (Fsp3) is 0.778. The first kappa shape index (κ1) is 16.9. The van der Waals surface area contributed by atoms with E-state index in [1.807, 2.05) is 6.92 Å². The Morgan fingerprint density at radius 1 is 1.27 bits per heavy atom. The molecule has 0 atom stereocenters. The van der Waals surface area contributed by atoms with Crippen LogP contribution in [0.4, 0.5) is 0 Å². The predicted octanol–water partition coefficient (Wildman–Crippen LogP) is 0.315. The molecule has 0 aromatic carbocycles. The maximum absolute atomic E-state index is 11.1. The van der Waals surface area contributed by atoms with Crippen LogP contribution in [0.15, 0.2) is 4.99 Å². The van der Waals surface area contributed by atoms with E-state index in [4.69, 9.17) is 0 Å². The lowest BCUT2D eigenvalue weighted by Crippen LogP contribution is -2.37. The van der Waals surface area contributed by atoms with Crippen LogP contribution in [0, 0.1) is 0 Å². The molecule has 0 aliphatic heterocycles. The zero-order chi connectivity index (χ0) is 10.8. The molecule has 0 aromatic heterocycles. The number of amides is 1. The second kappa shape index (κ2) is 11.5. The molecule has 0 aliphatic carbocycles. The van der Waals surface area contributed by atoms with Gasteiger partial charge in [0.1, 0.15) is 0 Å². The number of carbonyl (C=O) groups is 1. The number of rotatable bonds is 5. The minimum atomic E-state index is 0. The zero-order valence-electron chi connectivity index (χ0n) is 9.59. The number of nitrogens with zero attached hydrogens (tertiary/aromatic N) is 1. The lowest BCUT2D eigenvalue weighted by molar-refractivity contribution is -0.120. The van der Waals surface area contributed by atoms with Crippen molar-refractivity contribution in [3.63, 3.8) is 0 Å². The summed E-state index contributed by atoms with van der Waals surface area (Å²) in [6, 6.07) is 0. The molecule has 0 fully saturated rings. The van der Waals surface area contributed by atoms with Crippen molar-refractivity contribution in [2.24, 2.45) is 4.99 Å². The molecule has 5 nitrogen and oxygen atoms in total. The van der Waals surface area contributed by atoms with Crippen LogP contribution in [0.5, 0.6) is 0 Å². The molecule has 15 heavy (non-hydrogen) atoms. The normalized spacial score (nSPS) is 10.2. The fourth-order valence-corrected chi connectivity index (χ4v) is 0.926. The minimum Gasteiger partial charge on any atom is -0.359 e. The summed E-state index contributed by atoms with van der Waals surface area (Å²) in [4.78, 5) is 15.1. The lowest BCUT2D eigenvalue weighted by Gasteiger charge is -2.08. The Labute approximate surface area is 109 Å². The van der Waals surface area contributed by atoms with Crippen LogP contribution in [0.1, 0.15) is 19.8 Å². The number of nitrogens with one attached hydrogen (secondary N) is 3. The van der Waals surface area contributed by atoms with Gasteiger partial charge in [-0.1, -0.05) is 6.92 Å². The van der Waals surface area contributed by atoms with Gasteiger partial charge in [0.05, 0.1) is 0 Å². The Kier molecular flexibility index (Phi) is 13.0. The molecular formula is C9H21IN4O. The van der Waals surface area contributed by atoms with E-state index in [9.17, 15) is 4.79 Å². The Hall–Kier alpha value is -0.530. The molecule has 0 radical (unpaired) electrons. The van der Waals surface area contributed by atoms with Crippen molar-refractivity contribution in [2.45, 2.75) is 19.8 Å². The average Bonchev–Trinajstić information content (AvgIpc) is 2.21. The number of aliphatic imine (C=N–C) groups is 1. The van der Waals surface area contributed by atoms with Crippen LogP contribution in [-0.2, 0) is 4.79 Å². The zero-order valence-corrected chi connectivity index (χ0v) is 11.9. The van der Waals surface area contributed by atoms with E-state index in [1.165, 1.54) is 0 Å². The fourth-order valence-electron chi connectivity index (χ4n) is 0.926. The molecule has 3 N–H and O–H groups in total. The number of carbonyl (C=O) groups excluding carboxylic acids is 1. The Balaban J connectivity index is 0. The minimum absolute atomic E-state index is 0. The summed E-state index contributed by atoms with van der Waals surface area (Å²) in [7, 11) is 3.47. The maximum Gasteiger partial charge on any atom is 0.221 e. The van der Waals surface area contributed by atoms with Crippen molar-refractivity contribution in [3.05, 3.63) is 0 Å². The van der Waals surface area contributed by atoms with Crippen LogP contribution in [0.25, 0.3) is 0 Å². The van der Waals surface area contributed by atoms with Crippen molar-refractivity contribution >= 4 is 35.8 Å². The third kappa shape index (κ3) is 9.77. The van der Waals surface area contributed by atoms with Gasteiger partial charge >= 0.3 is 0 Å². The molecule has 0 rings (SSSR count). The highest BCUT2D eigenvalue weighted by atomic mass is 127. The van der Waals surface area contributed by atoms with Crippen LogP contribution in [-0.4, -0.2) is 39.1 Å². The van der Waals surface area contributed by atoms with Crippen molar-refractivity contribution in [3.8, 4) is 0 Å². The molecular weight excluding hydrogens is 307 g/mol. The summed E-state index contributed by atoms with van der Waals surface area (Å²) in [6.45, 7) is 3.38. The summed E-state index contributed by atoms with van der Waals surface area (Å²) in [5.41, 5.74) is 0. The van der Waals surface area contributed by atoms with Crippen LogP contribution >= 0.6 is 24.0 Å². The average molecular weight is 328 g/mol. The van der Waals surface area contributed by atoms with Gasteiger partial charge in [-0.25, -0.2) is 0 Å². The highest BCUT2D eigenvalue weighted by Crippen LogP contribution is 1.79. The second-order valence-corrected chi connectivity index (χ2v) is 2.85. The van der Waals surface area contributed by atoms with Gasteiger partial charge in [-0.15, -0.1) is 24.0 Å². The van der Waals surface area contributed by atoms with Gasteiger partial charge in [0.25, 0.3) is 0 Å². The topological polar surface area (TPSA) is 65.5 Å². The van der Waals surface area contributed by atoms with Crippen molar-refractivity contribution in [1.82, 2.24) is 16.0 Å². The lowest BCUT2D eigenvalue weighted by atomic mass is 10.4. The van der Waals surface area contributed by atoms with E-state index in [0.717, 1.165) is 13.0 Å². The first-order chi connectivity index (χ1) is 6.74. The number of hydrogen-bond donors (Lipinski definition) is 3. The van der Waals surface area contributed by atoms with Crippen molar-refractivity contribution < 1.29 is 4.79 Å². The van der Waals surface area contributed by atoms with Gasteiger partial charge in [-0.3, -0.25) is 9.79 Å². The van der Waals surface area contributed by atoms with Crippen LogP contribution < -0.4 is 16.0 Å². The van der Waals surface area contributed by atoms with Crippen LogP contribution in [0.3, 0.4) is 0 Å². The van der Waals surface area contributed by atoms with Gasteiger partial charge < -0.3 is 16.0 Å².